The Morgan fingerprint density at radius 1 is 1.29 bits per heavy atom. The van der Waals surface area contributed by atoms with Gasteiger partial charge in [0.25, 0.3) is 5.56 Å². The molecule has 1 aliphatic carbocycles. The molecule has 0 radical (unpaired) electrons. The third-order valence-corrected chi connectivity index (χ3v) is 8.89. The summed E-state index contributed by atoms with van der Waals surface area (Å²) in [7, 11) is 0. The van der Waals surface area contributed by atoms with Crippen molar-refractivity contribution in [3.63, 3.8) is 0 Å². The Hall–Kier alpha value is -2.08. The molecule has 0 aromatic carbocycles. The van der Waals surface area contributed by atoms with E-state index in [1.165, 1.54) is 39.3 Å². The summed E-state index contributed by atoms with van der Waals surface area (Å²) in [5, 5.41) is 11.8. The molecule has 1 fully saturated rings. The molecule has 5 rings (SSSR count). The molecule has 4 heterocycles. The van der Waals surface area contributed by atoms with Gasteiger partial charge in [-0.15, -0.1) is 32.9 Å². The molecule has 0 atom stereocenters. The summed E-state index contributed by atoms with van der Waals surface area (Å²) < 4.78 is 0.758. The number of rotatable bonds is 7. The van der Waals surface area contributed by atoms with E-state index in [1.807, 2.05) is 18.4 Å². The summed E-state index contributed by atoms with van der Waals surface area (Å²) in [5.41, 5.74) is 0.829. The van der Waals surface area contributed by atoms with Crippen LogP contribution >= 0.6 is 45.8 Å². The third kappa shape index (κ3) is 4.19. The predicted molar refractivity (Wildman–Crippen MR) is 129 cm³/mol. The van der Waals surface area contributed by atoms with Gasteiger partial charge in [-0.3, -0.25) is 14.5 Å². The third-order valence-electron chi connectivity index (χ3n) is 4.92. The second-order valence-corrected chi connectivity index (χ2v) is 11.6. The summed E-state index contributed by atoms with van der Waals surface area (Å²) in [6, 6.07) is 4.37. The molecule has 0 bridgehead atoms. The molecule has 31 heavy (non-hydrogen) atoms. The number of thiophene rings is 2. The number of H-pyrrole nitrogens is 1. The quantitative estimate of drug-likeness (QED) is 0.288. The van der Waals surface area contributed by atoms with Crippen molar-refractivity contribution in [2.24, 2.45) is 0 Å². The van der Waals surface area contributed by atoms with Gasteiger partial charge in [-0.2, -0.15) is 0 Å². The van der Waals surface area contributed by atoms with E-state index in [-0.39, 0.29) is 17.5 Å². The fourth-order valence-corrected chi connectivity index (χ4v) is 7.00. The van der Waals surface area contributed by atoms with Crippen LogP contribution in [-0.2, 0) is 10.5 Å². The zero-order chi connectivity index (χ0) is 21.5. The Kier molecular flexibility index (Phi) is 5.67. The lowest BCUT2D eigenvalue weighted by Crippen LogP contribution is -2.32. The van der Waals surface area contributed by atoms with Gasteiger partial charge >= 0.3 is 0 Å². The van der Waals surface area contributed by atoms with Gasteiger partial charge in [-0.25, -0.2) is 4.98 Å². The van der Waals surface area contributed by atoms with Crippen molar-refractivity contribution in [3.05, 3.63) is 38.6 Å². The van der Waals surface area contributed by atoms with Crippen molar-refractivity contribution in [3.8, 4) is 10.4 Å². The van der Waals surface area contributed by atoms with Gasteiger partial charge < -0.3 is 4.98 Å². The standard InChI is InChI=1S/C20H19N5O2S4/c1-3-15(26)25(11-5-6-11)19-23-24-20(31-19)29-9-14-21-17(27)16-12(8-28-18(16)22-14)13-7-4-10(2)30-13/h4,7-8,11H,3,5-6,9H2,1-2H3,(H,21,22,27). The van der Waals surface area contributed by atoms with Crippen LogP contribution in [0.5, 0.6) is 0 Å². The van der Waals surface area contributed by atoms with Gasteiger partial charge in [0.2, 0.25) is 11.0 Å². The van der Waals surface area contributed by atoms with Crippen LogP contribution in [0.2, 0.25) is 0 Å². The molecule has 1 saturated carbocycles. The van der Waals surface area contributed by atoms with Crippen LogP contribution in [-0.4, -0.2) is 32.1 Å². The number of fused-ring (bicyclic) bond motifs is 1. The van der Waals surface area contributed by atoms with Crippen molar-refractivity contribution >= 4 is 67.0 Å². The number of anilines is 1. The van der Waals surface area contributed by atoms with Gasteiger partial charge in [0, 0.05) is 33.2 Å². The van der Waals surface area contributed by atoms with Gasteiger partial charge in [0.1, 0.15) is 10.7 Å². The van der Waals surface area contributed by atoms with Crippen LogP contribution in [0.3, 0.4) is 0 Å². The van der Waals surface area contributed by atoms with Crippen molar-refractivity contribution in [1.29, 1.82) is 0 Å². The molecule has 0 unspecified atom stereocenters. The minimum absolute atomic E-state index is 0.0843. The SMILES string of the molecule is CCC(=O)N(c1nnc(SCc2nc3scc(-c4ccc(C)s4)c3c(=O)[nH]2)s1)C1CC1. The maximum absolute atomic E-state index is 12.8. The second-order valence-electron chi connectivity index (χ2n) is 7.24. The molecule has 11 heteroatoms. The molecule has 7 nitrogen and oxygen atoms in total. The highest BCUT2D eigenvalue weighted by atomic mass is 32.2. The van der Waals surface area contributed by atoms with E-state index in [0.717, 1.165) is 32.5 Å². The van der Waals surface area contributed by atoms with E-state index in [2.05, 4.69) is 33.2 Å². The van der Waals surface area contributed by atoms with Crippen LogP contribution < -0.4 is 10.5 Å². The normalized spacial score (nSPS) is 13.7. The topological polar surface area (TPSA) is 91.8 Å². The van der Waals surface area contributed by atoms with Gasteiger partial charge in [-0.1, -0.05) is 30.0 Å². The lowest BCUT2D eigenvalue weighted by Gasteiger charge is -2.17. The maximum Gasteiger partial charge on any atom is 0.260 e. The number of aromatic amines is 1. The minimum atomic E-state index is -0.116. The highest BCUT2D eigenvalue weighted by molar-refractivity contribution is 8.00. The molecule has 0 saturated heterocycles. The van der Waals surface area contributed by atoms with E-state index in [9.17, 15) is 9.59 Å². The van der Waals surface area contributed by atoms with Gasteiger partial charge in [0.15, 0.2) is 4.34 Å². The number of carbonyl (C=O) groups excluding carboxylic acids is 1. The molecule has 4 aromatic rings. The number of aryl methyl sites for hydroxylation is 1. The molecule has 160 valence electrons. The molecular formula is C20H19N5O2S4. The summed E-state index contributed by atoms with van der Waals surface area (Å²) in [5.74, 6) is 1.18. The van der Waals surface area contributed by atoms with Crippen LogP contribution in [0.1, 0.15) is 36.9 Å². The molecule has 1 N–H and O–H groups in total. The molecule has 1 aliphatic rings. The number of hydrogen-bond acceptors (Lipinski definition) is 9. The van der Waals surface area contributed by atoms with Gasteiger partial charge in [-0.05, 0) is 31.9 Å². The van der Waals surface area contributed by atoms with Gasteiger partial charge in [0.05, 0.1) is 11.1 Å². The number of thioether (sulfide) groups is 1. The zero-order valence-corrected chi connectivity index (χ0v) is 20.1. The van der Waals surface area contributed by atoms with E-state index in [4.69, 9.17) is 0 Å². The minimum Gasteiger partial charge on any atom is -0.309 e. The van der Waals surface area contributed by atoms with Crippen molar-refractivity contribution < 1.29 is 4.79 Å². The Morgan fingerprint density at radius 2 is 2.13 bits per heavy atom. The largest absolute Gasteiger partial charge is 0.309 e. The number of amides is 1. The first kappa shape index (κ1) is 20.8. The first-order valence-corrected chi connectivity index (χ1v) is 13.4. The van der Waals surface area contributed by atoms with Crippen molar-refractivity contribution in [2.75, 3.05) is 4.90 Å². The smallest absolute Gasteiger partial charge is 0.260 e. The van der Waals surface area contributed by atoms with Crippen LogP contribution in [0.25, 0.3) is 20.7 Å². The number of hydrogen-bond donors (Lipinski definition) is 1. The maximum atomic E-state index is 12.8. The Morgan fingerprint density at radius 3 is 2.84 bits per heavy atom. The average molecular weight is 490 g/mol. The highest BCUT2D eigenvalue weighted by Gasteiger charge is 2.35. The monoisotopic (exact) mass is 489 g/mol. The average Bonchev–Trinajstić information content (AvgIpc) is 3.13. The lowest BCUT2D eigenvalue weighted by atomic mass is 10.2. The molecule has 4 aromatic heterocycles. The zero-order valence-electron chi connectivity index (χ0n) is 16.9. The van der Waals surface area contributed by atoms with Crippen LogP contribution in [0.15, 0.2) is 26.6 Å². The molecule has 0 spiro atoms. The fraction of sp³-hybridized carbons (Fsp3) is 0.350. The fourth-order valence-electron chi connectivity index (χ4n) is 3.28. The second kappa shape index (κ2) is 8.45. The number of carbonyl (C=O) groups is 1. The highest BCUT2D eigenvalue weighted by Crippen LogP contribution is 2.37. The van der Waals surface area contributed by atoms with Crippen molar-refractivity contribution in [1.82, 2.24) is 20.2 Å². The summed E-state index contributed by atoms with van der Waals surface area (Å²) >= 11 is 6.05. The Bertz CT molecular complexity index is 1320. The van der Waals surface area contributed by atoms with E-state index in [0.29, 0.717) is 28.5 Å². The Labute approximate surface area is 194 Å². The summed E-state index contributed by atoms with van der Waals surface area (Å²) in [4.78, 5) is 37.5. The molecular weight excluding hydrogens is 471 g/mol. The lowest BCUT2D eigenvalue weighted by molar-refractivity contribution is -0.118. The van der Waals surface area contributed by atoms with E-state index < -0.39 is 0 Å². The summed E-state index contributed by atoms with van der Waals surface area (Å²) in [6.45, 7) is 3.92. The van der Waals surface area contributed by atoms with E-state index >= 15 is 0 Å². The van der Waals surface area contributed by atoms with Crippen LogP contribution in [0.4, 0.5) is 5.13 Å². The van der Waals surface area contributed by atoms with Crippen LogP contribution in [0, 0.1) is 6.92 Å². The van der Waals surface area contributed by atoms with Crippen molar-refractivity contribution in [2.45, 2.75) is 49.2 Å². The molecule has 0 aliphatic heterocycles. The Balaban J connectivity index is 1.34. The summed E-state index contributed by atoms with van der Waals surface area (Å²) in [6.07, 6.45) is 2.50. The molecule has 1 amide bonds. The number of nitrogens with one attached hydrogen (secondary N) is 1. The van der Waals surface area contributed by atoms with E-state index in [1.54, 1.807) is 16.2 Å². The first-order valence-electron chi connectivity index (χ1n) is 9.89. The predicted octanol–water partition coefficient (Wildman–Crippen LogP) is 5.07. The number of aromatic nitrogens is 4. The number of nitrogens with zero attached hydrogens (tertiary/aromatic N) is 4. The first-order chi connectivity index (χ1) is 15.0.